The number of allylic oxidation sites excluding steroid dienone is 1. The molecule has 6 heteroatoms. The number of carbonyl (C=O) groups is 2. The summed E-state index contributed by atoms with van der Waals surface area (Å²) in [6.07, 6.45) is 4.42. The van der Waals surface area contributed by atoms with Gasteiger partial charge in [0.1, 0.15) is 6.10 Å². The number of aliphatic hydroxyl groups excluding tert-OH is 1. The summed E-state index contributed by atoms with van der Waals surface area (Å²) < 4.78 is 5.75. The zero-order valence-electron chi connectivity index (χ0n) is 16.7. The van der Waals surface area contributed by atoms with E-state index < -0.39 is 6.10 Å². The number of hydrogen-bond acceptors (Lipinski definition) is 5. The number of hydrogen-bond donors (Lipinski definition) is 1. The molecule has 6 atom stereocenters. The Kier molecular flexibility index (Phi) is 4.83. The van der Waals surface area contributed by atoms with Gasteiger partial charge in [0.25, 0.3) is 0 Å². The van der Waals surface area contributed by atoms with Crippen molar-refractivity contribution < 1.29 is 19.4 Å². The van der Waals surface area contributed by atoms with Crippen LogP contribution in [0, 0.1) is 23.2 Å². The van der Waals surface area contributed by atoms with Crippen molar-refractivity contribution in [3.05, 3.63) is 11.6 Å². The van der Waals surface area contributed by atoms with Gasteiger partial charge in [-0.2, -0.15) is 0 Å². The molecule has 0 radical (unpaired) electrons. The Morgan fingerprint density at radius 2 is 2.04 bits per heavy atom. The number of esters is 1. The molecule has 2 saturated heterocycles. The van der Waals surface area contributed by atoms with Gasteiger partial charge in [-0.1, -0.05) is 25.5 Å². The average molecular weight is 376 g/mol. The number of nitrogens with zero attached hydrogens (tertiary/aromatic N) is 2. The highest BCUT2D eigenvalue weighted by atomic mass is 16.6. The van der Waals surface area contributed by atoms with E-state index in [1.54, 1.807) is 6.92 Å². The first-order chi connectivity index (χ1) is 12.8. The van der Waals surface area contributed by atoms with E-state index in [9.17, 15) is 14.7 Å². The molecular weight excluding hydrogens is 344 g/mol. The normalized spacial score (nSPS) is 42.2. The zero-order valence-corrected chi connectivity index (χ0v) is 16.7. The third-order valence-electron chi connectivity index (χ3n) is 7.84. The Morgan fingerprint density at radius 1 is 1.33 bits per heavy atom. The molecule has 0 spiro atoms. The van der Waals surface area contributed by atoms with Crippen LogP contribution in [-0.2, 0) is 14.3 Å². The highest BCUT2D eigenvalue weighted by Gasteiger charge is 2.59. The third kappa shape index (κ3) is 3.01. The maximum absolute atomic E-state index is 12.7. The van der Waals surface area contributed by atoms with Crippen LogP contribution in [0.2, 0.25) is 0 Å². The van der Waals surface area contributed by atoms with Gasteiger partial charge in [0, 0.05) is 57.4 Å². The molecule has 2 heterocycles. The van der Waals surface area contributed by atoms with E-state index in [0.717, 1.165) is 32.4 Å². The second kappa shape index (κ2) is 6.89. The molecule has 0 bridgehead atoms. The summed E-state index contributed by atoms with van der Waals surface area (Å²) >= 11 is 0. The fourth-order valence-corrected chi connectivity index (χ4v) is 5.80. The number of piperazine rings is 1. The van der Waals surface area contributed by atoms with E-state index in [0.29, 0.717) is 25.6 Å². The molecule has 0 aromatic rings. The van der Waals surface area contributed by atoms with Gasteiger partial charge in [-0.15, -0.1) is 0 Å². The van der Waals surface area contributed by atoms with Crippen LogP contribution in [0.1, 0.15) is 40.0 Å². The first-order valence-corrected chi connectivity index (χ1v) is 10.4. The summed E-state index contributed by atoms with van der Waals surface area (Å²) in [4.78, 5) is 28.3. The lowest BCUT2D eigenvalue weighted by Gasteiger charge is -2.52. The maximum Gasteiger partial charge on any atom is 0.311 e. The molecule has 6 nitrogen and oxygen atoms in total. The Hall–Kier alpha value is -1.40. The van der Waals surface area contributed by atoms with Gasteiger partial charge >= 0.3 is 5.97 Å². The van der Waals surface area contributed by atoms with Crippen molar-refractivity contribution in [2.45, 2.75) is 52.2 Å². The Balaban J connectivity index is 1.50. The Morgan fingerprint density at radius 3 is 2.70 bits per heavy atom. The monoisotopic (exact) mass is 376 g/mol. The van der Waals surface area contributed by atoms with Crippen LogP contribution in [0.5, 0.6) is 0 Å². The fourth-order valence-electron chi connectivity index (χ4n) is 5.80. The lowest BCUT2D eigenvalue weighted by atomic mass is 9.55. The number of rotatable bonds is 2. The Labute approximate surface area is 161 Å². The van der Waals surface area contributed by atoms with Crippen molar-refractivity contribution in [1.29, 1.82) is 0 Å². The molecule has 3 unspecified atom stereocenters. The van der Waals surface area contributed by atoms with Gasteiger partial charge in [-0.25, -0.2) is 0 Å². The molecular formula is C21H32N2O4. The first-order valence-electron chi connectivity index (χ1n) is 10.4. The van der Waals surface area contributed by atoms with E-state index in [4.69, 9.17) is 4.74 Å². The minimum Gasteiger partial charge on any atom is -0.461 e. The van der Waals surface area contributed by atoms with Gasteiger partial charge < -0.3 is 14.7 Å². The molecule has 1 amide bonds. The van der Waals surface area contributed by atoms with Crippen molar-refractivity contribution in [1.82, 2.24) is 9.80 Å². The average Bonchev–Trinajstić information content (AvgIpc) is 2.94. The summed E-state index contributed by atoms with van der Waals surface area (Å²) in [5, 5.41) is 11.4. The predicted molar refractivity (Wildman–Crippen MR) is 101 cm³/mol. The van der Waals surface area contributed by atoms with Crippen molar-refractivity contribution in [3.8, 4) is 0 Å². The van der Waals surface area contributed by atoms with Crippen LogP contribution in [-0.4, -0.2) is 71.7 Å². The van der Waals surface area contributed by atoms with Crippen LogP contribution < -0.4 is 0 Å². The number of aliphatic hydroxyl groups is 1. The highest BCUT2D eigenvalue weighted by molar-refractivity contribution is 5.76. The van der Waals surface area contributed by atoms with Crippen molar-refractivity contribution in [3.63, 3.8) is 0 Å². The fraction of sp³-hybridized carbons (Fsp3) is 0.810. The number of amides is 1. The van der Waals surface area contributed by atoms with Gasteiger partial charge in [-0.3, -0.25) is 14.5 Å². The summed E-state index contributed by atoms with van der Waals surface area (Å²) in [5.41, 5.74) is 1.03. The molecule has 1 N–H and O–H groups in total. The summed E-state index contributed by atoms with van der Waals surface area (Å²) in [7, 11) is 0. The maximum atomic E-state index is 12.7. The summed E-state index contributed by atoms with van der Waals surface area (Å²) in [6, 6.07) is 0. The van der Waals surface area contributed by atoms with Crippen LogP contribution >= 0.6 is 0 Å². The number of ether oxygens (including phenoxy) is 1. The summed E-state index contributed by atoms with van der Waals surface area (Å²) in [6.45, 7) is 9.58. The molecule has 0 aromatic heterocycles. The zero-order chi connectivity index (χ0) is 19.3. The van der Waals surface area contributed by atoms with Gasteiger partial charge in [0.15, 0.2) is 0 Å². The Bertz CT molecular complexity index is 655. The topological polar surface area (TPSA) is 70.1 Å². The lowest BCUT2D eigenvalue weighted by Crippen LogP contribution is -2.55. The van der Waals surface area contributed by atoms with E-state index >= 15 is 0 Å². The molecule has 150 valence electrons. The second-order valence-electron chi connectivity index (χ2n) is 9.11. The van der Waals surface area contributed by atoms with Gasteiger partial charge in [-0.05, 0) is 18.8 Å². The minimum absolute atomic E-state index is 0.108. The van der Waals surface area contributed by atoms with E-state index in [1.807, 2.05) is 4.90 Å². The third-order valence-corrected chi connectivity index (χ3v) is 7.84. The van der Waals surface area contributed by atoms with Gasteiger partial charge in [0.2, 0.25) is 5.91 Å². The molecule has 4 rings (SSSR count). The van der Waals surface area contributed by atoms with Crippen LogP contribution in [0.4, 0.5) is 0 Å². The van der Waals surface area contributed by atoms with E-state index in [1.165, 1.54) is 5.57 Å². The van der Waals surface area contributed by atoms with Crippen molar-refractivity contribution in [2.75, 3.05) is 32.7 Å². The number of carbonyl (C=O) groups excluding carboxylic acids is 2. The molecule has 2 aliphatic carbocycles. The molecule has 3 fully saturated rings. The van der Waals surface area contributed by atoms with E-state index in [-0.39, 0.29) is 35.2 Å². The largest absolute Gasteiger partial charge is 0.461 e. The molecule has 4 aliphatic rings. The predicted octanol–water partition coefficient (Wildman–Crippen LogP) is 1.44. The molecule has 27 heavy (non-hydrogen) atoms. The smallest absolute Gasteiger partial charge is 0.311 e. The minimum atomic E-state index is -0.548. The van der Waals surface area contributed by atoms with Crippen molar-refractivity contribution in [2.24, 2.45) is 23.2 Å². The van der Waals surface area contributed by atoms with Crippen LogP contribution in [0.25, 0.3) is 0 Å². The molecule has 2 aliphatic heterocycles. The molecule has 0 aromatic carbocycles. The second-order valence-corrected chi connectivity index (χ2v) is 9.11. The van der Waals surface area contributed by atoms with Crippen LogP contribution in [0.15, 0.2) is 11.6 Å². The standard InChI is InChI=1S/C21H32N2O4/c1-13-5-4-6-15-11-17-18(19(25)21(13,15)3)16(20(26)27-17)12-22-7-9-23(10-8-22)14(2)24/h6,13,16-19,25H,4-5,7-12H2,1-3H3/t13?,16?,17-,18-,19?,21-/m1/s1. The van der Waals surface area contributed by atoms with E-state index in [2.05, 4.69) is 24.8 Å². The quantitative estimate of drug-likeness (QED) is 0.583. The van der Waals surface area contributed by atoms with Crippen molar-refractivity contribution >= 4 is 11.9 Å². The lowest BCUT2D eigenvalue weighted by molar-refractivity contribution is -0.145. The SMILES string of the molecule is CC(=O)N1CCN(CC2C(=O)O[C@@H]3CC4=CCCC(C)[C@@]4(C)C(O)[C@H]23)CC1. The summed E-state index contributed by atoms with van der Waals surface area (Å²) in [5.74, 6) is -0.0545. The first kappa shape index (κ1) is 18.9. The molecule has 1 saturated carbocycles. The van der Waals surface area contributed by atoms with Crippen LogP contribution in [0.3, 0.4) is 0 Å². The number of fused-ring (bicyclic) bond motifs is 2. The highest BCUT2D eigenvalue weighted by Crippen LogP contribution is 2.56. The van der Waals surface area contributed by atoms with Gasteiger partial charge in [0.05, 0.1) is 12.0 Å².